The summed E-state index contributed by atoms with van der Waals surface area (Å²) in [4.78, 5) is 29.3. The van der Waals surface area contributed by atoms with Gasteiger partial charge in [-0.3, -0.25) is 14.3 Å². The van der Waals surface area contributed by atoms with Crippen LogP contribution in [0.1, 0.15) is 61.5 Å². The molecule has 3 heterocycles. The molecule has 0 bridgehead atoms. The van der Waals surface area contributed by atoms with Gasteiger partial charge in [0.2, 0.25) is 5.91 Å². The normalized spacial score (nSPS) is 21.0. The van der Waals surface area contributed by atoms with Crippen molar-refractivity contribution in [3.8, 4) is 11.5 Å². The Morgan fingerprint density at radius 3 is 2.60 bits per heavy atom. The van der Waals surface area contributed by atoms with Crippen LogP contribution < -0.4 is 5.32 Å². The lowest BCUT2D eigenvalue weighted by Crippen LogP contribution is -2.65. The molecule has 1 unspecified atom stereocenters. The Hall–Kier alpha value is -3.06. The molecule has 1 saturated carbocycles. The van der Waals surface area contributed by atoms with Crippen molar-refractivity contribution in [2.75, 3.05) is 6.54 Å². The maximum Gasteiger partial charge on any atom is 0.273 e. The first-order valence-electron chi connectivity index (χ1n) is 12.4. The van der Waals surface area contributed by atoms with Crippen molar-refractivity contribution in [1.29, 1.82) is 0 Å². The van der Waals surface area contributed by atoms with Crippen molar-refractivity contribution in [2.24, 2.45) is 0 Å². The van der Waals surface area contributed by atoms with Crippen LogP contribution in [0.5, 0.6) is 0 Å². The number of rotatable bonds is 6. The van der Waals surface area contributed by atoms with Gasteiger partial charge >= 0.3 is 0 Å². The number of carbonyl (C=O) groups excluding carboxylic acids is 2. The lowest BCUT2D eigenvalue weighted by molar-refractivity contribution is -0.133. The largest absolute Gasteiger partial charge is 0.463 e. The van der Waals surface area contributed by atoms with Crippen LogP contribution in [0.4, 0.5) is 0 Å². The molecule has 2 amide bonds. The highest BCUT2D eigenvalue weighted by Crippen LogP contribution is 2.31. The highest BCUT2D eigenvalue weighted by atomic mass is 35.5. The second-order valence-electron chi connectivity index (χ2n) is 9.82. The Balaban J connectivity index is 1.44. The molecule has 1 aliphatic heterocycles. The number of hydrogen-bond acceptors (Lipinski definition) is 4. The summed E-state index contributed by atoms with van der Waals surface area (Å²) in [6.45, 7) is 2.56. The minimum absolute atomic E-state index is 0.116. The zero-order valence-electron chi connectivity index (χ0n) is 20.0. The van der Waals surface area contributed by atoms with E-state index in [0.29, 0.717) is 35.1 Å². The molecule has 1 aliphatic carbocycles. The highest BCUT2D eigenvalue weighted by Gasteiger charge is 2.48. The fourth-order valence-electron chi connectivity index (χ4n) is 5.19. The van der Waals surface area contributed by atoms with Crippen molar-refractivity contribution in [2.45, 2.75) is 70.0 Å². The molecule has 0 saturated heterocycles. The maximum absolute atomic E-state index is 13.8. The third-order valence-corrected chi connectivity index (χ3v) is 7.54. The van der Waals surface area contributed by atoms with Gasteiger partial charge in [-0.2, -0.15) is 5.10 Å². The topological polar surface area (TPSA) is 80.4 Å². The molecule has 1 atom stereocenters. The Labute approximate surface area is 210 Å². The molecule has 7 nitrogen and oxygen atoms in total. The average molecular weight is 495 g/mol. The summed E-state index contributed by atoms with van der Waals surface area (Å²) in [5.41, 5.74) is 1.05. The summed E-state index contributed by atoms with van der Waals surface area (Å²) in [6, 6.07) is 13.1. The second kappa shape index (κ2) is 9.90. The maximum atomic E-state index is 13.8. The van der Waals surface area contributed by atoms with E-state index in [1.165, 1.54) is 12.8 Å². The molecular formula is C27H31ClN4O3. The van der Waals surface area contributed by atoms with Gasteiger partial charge in [-0.1, -0.05) is 49.4 Å². The Bertz CT molecular complexity index is 1180. The molecule has 8 heteroatoms. The van der Waals surface area contributed by atoms with Crippen LogP contribution in [0.15, 0.2) is 53.1 Å². The molecule has 2 aromatic heterocycles. The number of benzene rings is 1. The SMILES string of the molecule is CC1(C(=O)NC2CCCCCC2)Cn2nc(-c3ccco3)cc2C(=O)N1CCc1ccc(Cl)cc1. The monoisotopic (exact) mass is 494 g/mol. The minimum atomic E-state index is -1.06. The average Bonchev–Trinajstić information content (AvgIpc) is 3.45. The van der Waals surface area contributed by atoms with Crippen LogP contribution >= 0.6 is 11.6 Å². The third-order valence-electron chi connectivity index (χ3n) is 7.29. The fourth-order valence-corrected chi connectivity index (χ4v) is 5.32. The number of furan rings is 1. The van der Waals surface area contributed by atoms with Gasteiger partial charge in [0.05, 0.1) is 12.8 Å². The van der Waals surface area contributed by atoms with Gasteiger partial charge in [0, 0.05) is 23.7 Å². The molecule has 1 N–H and O–H groups in total. The Morgan fingerprint density at radius 2 is 1.91 bits per heavy atom. The summed E-state index contributed by atoms with van der Waals surface area (Å²) in [5, 5.41) is 8.58. The second-order valence-corrected chi connectivity index (χ2v) is 10.3. The molecule has 3 aromatic rings. The van der Waals surface area contributed by atoms with Crippen LogP contribution in [0.3, 0.4) is 0 Å². The summed E-state index contributed by atoms with van der Waals surface area (Å²) in [5.74, 6) is 0.278. The van der Waals surface area contributed by atoms with Gasteiger partial charge in [0.1, 0.15) is 16.9 Å². The highest BCUT2D eigenvalue weighted by molar-refractivity contribution is 6.30. The Morgan fingerprint density at radius 1 is 1.17 bits per heavy atom. The van der Waals surface area contributed by atoms with Crippen LogP contribution in [-0.4, -0.2) is 44.6 Å². The number of aromatic nitrogens is 2. The van der Waals surface area contributed by atoms with E-state index in [2.05, 4.69) is 10.4 Å². The molecule has 5 rings (SSSR count). The van der Waals surface area contributed by atoms with E-state index in [1.807, 2.05) is 37.3 Å². The number of carbonyl (C=O) groups is 2. The lowest BCUT2D eigenvalue weighted by Gasteiger charge is -2.44. The molecule has 184 valence electrons. The van der Waals surface area contributed by atoms with E-state index in [0.717, 1.165) is 31.2 Å². The summed E-state index contributed by atoms with van der Waals surface area (Å²) in [6.07, 6.45) is 8.83. The molecular weight excluding hydrogens is 464 g/mol. The first-order valence-corrected chi connectivity index (χ1v) is 12.8. The molecule has 0 spiro atoms. The minimum Gasteiger partial charge on any atom is -0.463 e. The van der Waals surface area contributed by atoms with E-state index in [-0.39, 0.29) is 24.4 Å². The van der Waals surface area contributed by atoms with Crippen LogP contribution in [0, 0.1) is 0 Å². The number of fused-ring (bicyclic) bond motifs is 1. The summed E-state index contributed by atoms with van der Waals surface area (Å²) in [7, 11) is 0. The van der Waals surface area contributed by atoms with Crippen molar-refractivity contribution < 1.29 is 14.0 Å². The van der Waals surface area contributed by atoms with Gasteiger partial charge < -0.3 is 14.6 Å². The van der Waals surface area contributed by atoms with E-state index in [1.54, 1.807) is 28.0 Å². The zero-order valence-corrected chi connectivity index (χ0v) is 20.8. The number of nitrogens with zero attached hydrogens (tertiary/aromatic N) is 3. The summed E-state index contributed by atoms with van der Waals surface area (Å²) >= 11 is 6.04. The quantitative estimate of drug-likeness (QED) is 0.484. The van der Waals surface area contributed by atoms with Gasteiger partial charge in [0.25, 0.3) is 5.91 Å². The predicted molar refractivity (Wildman–Crippen MR) is 134 cm³/mol. The molecule has 35 heavy (non-hydrogen) atoms. The molecule has 1 aromatic carbocycles. The van der Waals surface area contributed by atoms with E-state index < -0.39 is 5.54 Å². The van der Waals surface area contributed by atoms with Gasteiger partial charge in [0.15, 0.2) is 5.76 Å². The summed E-state index contributed by atoms with van der Waals surface area (Å²) < 4.78 is 7.15. The van der Waals surface area contributed by atoms with Gasteiger partial charge in [-0.25, -0.2) is 0 Å². The number of nitrogens with one attached hydrogen (secondary N) is 1. The Kier molecular flexibility index (Phi) is 6.69. The number of halogens is 1. The number of amides is 2. The van der Waals surface area contributed by atoms with E-state index in [4.69, 9.17) is 16.0 Å². The van der Waals surface area contributed by atoms with Gasteiger partial charge in [-0.05, 0) is 56.0 Å². The van der Waals surface area contributed by atoms with Gasteiger partial charge in [-0.15, -0.1) is 0 Å². The molecule has 1 fully saturated rings. The van der Waals surface area contributed by atoms with Crippen LogP contribution in [0.25, 0.3) is 11.5 Å². The van der Waals surface area contributed by atoms with Crippen molar-refractivity contribution >= 4 is 23.4 Å². The third kappa shape index (κ3) is 4.87. The van der Waals surface area contributed by atoms with Crippen LogP contribution in [-0.2, 0) is 17.8 Å². The number of hydrogen-bond donors (Lipinski definition) is 1. The molecule has 2 aliphatic rings. The van der Waals surface area contributed by atoms with E-state index >= 15 is 0 Å². The predicted octanol–water partition coefficient (Wildman–Crippen LogP) is 5.09. The standard InChI is InChI=1S/C27H31ClN4O3/c1-27(26(34)29-21-7-4-2-3-5-8-21)18-32-23(17-22(30-32)24-9-6-16-35-24)25(33)31(27)15-14-19-10-12-20(28)13-11-19/h6,9-13,16-17,21H,2-5,7-8,14-15,18H2,1H3,(H,29,34). The van der Waals surface area contributed by atoms with Crippen molar-refractivity contribution in [3.05, 3.63) is 65.0 Å². The van der Waals surface area contributed by atoms with Crippen molar-refractivity contribution in [1.82, 2.24) is 20.0 Å². The molecule has 0 radical (unpaired) electrons. The van der Waals surface area contributed by atoms with Crippen molar-refractivity contribution in [3.63, 3.8) is 0 Å². The van der Waals surface area contributed by atoms with E-state index in [9.17, 15) is 9.59 Å². The fraction of sp³-hybridized carbons (Fsp3) is 0.444. The van der Waals surface area contributed by atoms with Crippen LogP contribution in [0.2, 0.25) is 5.02 Å². The smallest absolute Gasteiger partial charge is 0.273 e. The lowest BCUT2D eigenvalue weighted by atomic mass is 9.93. The first kappa shape index (κ1) is 23.7. The zero-order chi connectivity index (χ0) is 24.4. The first-order chi connectivity index (χ1) is 16.9.